The highest BCUT2D eigenvalue weighted by atomic mass is 32.2. The Morgan fingerprint density at radius 1 is 0.560 bits per heavy atom. The van der Waals surface area contributed by atoms with Crippen LogP contribution in [0.4, 0.5) is 0 Å². The van der Waals surface area contributed by atoms with Crippen molar-refractivity contribution >= 4 is 10.1 Å². The van der Waals surface area contributed by atoms with Gasteiger partial charge in [-0.2, -0.15) is 8.42 Å². The Morgan fingerprint density at radius 3 is 1.12 bits per heavy atom. The standard InChI is InChI=1S/C21H44O3S/c1-21(2,3)19-17-15-13-11-9-7-5-4-6-8-10-12-14-16-18-20-25(22,23)24/h4-20H2,1-3H3,(H,22,23,24). The molecule has 0 rings (SSSR count). The van der Waals surface area contributed by atoms with E-state index in [9.17, 15) is 8.42 Å². The van der Waals surface area contributed by atoms with Crippen LogP contribution in [-0.4, -0.2) is 18.7 Å². The lowest BCUT2D eigenvalue weighted by Crippen LogP contribution is -2.03. The van der Waals surface area contributed by atoms with Crippen molar-refractivity contribution in [2.75, 3.05) is 5.75 Å². The maximum Gasteiger partial charge on any atom is 0.264 e. The zero-order valence-electron chi connectivity index (χ0n) is 17.2. The lowest BCUT2D eigenvalue weighted by molar-refractivity contribution is 0.356. The molecule has 0 aromatic heterocycles. The molecule has 152 valence electrons. The van der Waals surface area contributed by atoms with Crippen LogP contribution < -0.4 is 0 Å². The van der Waals surface area contributed by atoms with E-state index in [1.165, 1.54) is 83.5 Å². The zero-order chi connectivity index (χ0) is 19.0. The summed E-state index contributed by atoms with van der Waals surface area (Å²) in [7, 11) is -3.75. The molecule has 25 heavy (non-hydrogen) atoms. The third kappa shape index (κ3) is 23.9. The number of hydrogen-bond acceptors (Lipinski definition) is 2. The predicted octanol–water partition coefficient (Wildman–Crippen LogP) is 7.16. The van der Waals surface area contributed by atoms with Gasteiger partial charge in [0.05, 0.1) is 5.75 Å². The molecule has 1 N–H and O–H groups in total. The molecule has 0 aliphatic rings. The van der Waals surface area contributed by atoms with E-state index in [0.717, 1.165) is 12.8 Å². The van der Waals surface area contributed by atoms with Crippen LogP contribution in [0.2, 0.25) is 0 Å². The molecule has 0 aliphatic carbocycles. The van der Waals surface area contributed by atoms with Gasteiger partial charge in [-0.15, -0.1) is 0 Å². The summed E-state index contributed by atoms with van der Waals surface area (Å²) in [4.78, 5) is 0. The van der Waals surface area contributed by atoms with E-state index in [1.807, 2.05) is 0 Å². The smallest absolute Gasteiger partial charge is 0.264 e. The first-order chi connectivity index (χ1) is 11.7. The topological polar surface area (TPSA) is 54.4 Å². The van der Waals surface area contributed by atoms with Crippen molar-refractivity contribution in [2.45, 2.75) is 124 Å². The van der Waals surface area contributed by atoms with Crippen LogP contribution in [0.1, 0.15) is 124 Å². The van der Waals surface area contributed by atoms with E-state index in [0.29, 0.717) is 11.8 Å². The molecule has 0 aromatic rings. The van der Waals surface area contributed by atoms with Gasteiger partial charge in [0.2, 0.25) is 0 Å². The van der Waals surface area contributed by atoms with Gasteiger partial charge in [-0.05, 0) is 18.3 Å². The molecule has 3 nitrogen and oxygen atoms in total. The van der Waals surface area contributed by atoms with Crippen molar-refractivity contribution in [2.24, 2.45) is 5.41 Å². The highest BCUT2D eigenvalue weighted by molar-refractivity contribution is 7.85. The van der Waals surface area contributed by atoms with Gasteiger partial charge >= 0.3 is 0 Å². The number of rotatable bonds is 17. The van der Waals surface area contributed by atoms with Gasteiger partial charge in [0.25, 0.3) is 10.1 Å². The van der Waals surface area contributed by atoms with Crippen molar-refractivity contribution in [3.05, 3.63) is 0 Å². The number of unbranched alkanes of at least 4 members (excludes halogenated alkanes) is 14. The van der Waals surface area contributed by atoms with Gasteiger partial charge in [0.1, 0.15) is 0 Å². The largest absolute Gasteiger partial charge is 0.286 e. The van der Waals surface area contributed by atoms with Gasteiger partial charge in [-0.25, -0.2) is 0 Å². The van der Waals surface area contributed by atoms with E-state index in [1.54, 1.807) is 0 Å². The summed E-state index contributed by atoms with van der Waals surface area (Å²) in [6, 6.07) is 0. The summed E-state index contributed by atoms with van der Waals surface area (Å²) in [6.45, 7) is 6.99. The molecular weight excluding hydrogens is 332 g/mol. The van der Waals surface area contributed by atoms with Crippen LogP contribution in [0.3, 0.4) is 0 Å². The first-order valence-electron chi connectivity index (χ1n) is 10.7. The molecule has 0 bridgehead atoms. The fourth-order valence-electron chi connectivity index (χ4n) is 3.24. The highest BCUT2D eigenvalue weighted by Gasteiger charge is 2.08. The van der Waals surface area contributed by atoms with E-state index in [2.05, 4.69) is 20.8 Å². The monoisotopic (exact) mass is 376 g/mol. The van der Waals surface area contributed by atoms with Crippen molar-refractivity contribution in [1.82, 2.24) is 0 Å². The average Bonchev–Trinajstić information content (AvgIpc) is 2.48. The minimum Gasteiger partial charge on any atom is -0.286 e. The highest BCUT2D eigenvalue weighted by Crippen LogP contribution is 2.22. The summed E-state index contributed by atoms with van der Waals surface area (Å²) in [5.41, 5.74) is 0.500. The van der Waals surface area contributed by atoms with Crippen LogP contribution in [0, 0.1) is 5.41 Å². The molecule has 0 atom stereocenters. The summed E-state index contributed by atoms with van der Waals surface area (Å²) < 4.78 is 29.8. The molecule has 0 amide bonds. The van der Waals surface area contributed by atoms with E-state index in [4.69, 9.17) is 4.55 Å². The molecule has 0 spiro atoms. The quantitative estimate of drug-likeness (QED) is 0.216. The zero-order valence-corrected chi connectivity index (χ0v) is 18.0. The van der Waals surface area contributed by atoms with Crippen LogP contribution in [-0.2, 0) is 10.1 Å². The molecule has 0 fully saturated rings. The summed E-state index contributed by atoms with van der Waals surface area (Å²) in [5.74, 6) is -0.0798. The second-order valence-corrected chi connectivity index (χ2v) is 10.5. The van der Waals surface area contributed by atoms with E-state index >= 15 is 0 Å². The Kier molecular flexibility index (Phi) is 15.0. The average molecular weight is 377 g/mol. The van der Waals surface area contributed by atoms with E-state index in [-0.39, 0.29) is 5.75 Å². The maximum atomic E-state index is 10.6. The minimum atomic E-state index is -3.75. The van der Waals surface area contributed by atoms with Crippen molar-refractivity contribution in [3.63, 3.8) is 0 Å². The third-order valence-corrected chi connectivity index (χ3v) is 5.63. The lowest BCUT2D eigenvalue weighted by atomic mass is 9.89. The molecule has 0 unspecified atom stereocenters. The second-order valence-electron chi connectivity index (χ2n) is 8.90. The number of hydrogen-bond donors (Lipinski definition) is 1. The van der Waals surface area contributed by atoms with Crippen LogP contribution >= 0.6 is 0 Å². The third-order valence-electron chi connectivity index (χ3n) is 4.83. The first kappa shape index (κ1) is 24.9. The summed E-state index contributed by atoms with van der Waals surface area (Å²) in [5, 5.41) is 0. The SMILES string of the molecule is CC(C)(C)CCCCCCCCCCCCCCCCCS(=O)(=O)O. The first-order valence-corrected chi connectivity index (χ1v) is 12.3. The Bertz CT molecular complexity index is 382. The van der Waals surface area contributed by atoms with Gasteiger partial charge in [-0.1, -0.05) is 111 Å². The fourth-order valence-corrected chi connectivity index (χ4v) is 3.81. The van der Waals surface area contributed by atoms with Crippen LogP contribution in [0.15, 0.2) is 0 Å². The Morgan fingerprint density at radius 2 is 0.840 bits per heavy atom. The Balaban J connectivity index is 3.10. The summed E-state index contributed by atoms with van der Waals surface area (Å²) >= 11 is 0. The van der Waals surface area contributed by atoms with Gasteiger partial charge in [0.15, 0.2) is 0 Å². The van der Waals surface area contributed by atoms with Gasteiger partial charge < -0.3 is 0 Å². The molecular formula is C21H44O3S. The minimum absolute atomic E-state index is 0.0798. The van der Waals surface area contributed by atoms with Gasteiger partial charge in [-0.3, -0.25) is 4.55 Å². The molecule has 0 saturated heterocycles. The molecule has 0 heterocycles. The Labute approximate surface area is 158 Å². The fraction of sp³-hybridized carbons (Fsp3) is 1.00. The predicted molar refractivity (Wildman–Crippen MR) is 110 cm³/mol. The molecule has 0 radical (unpaired) electrons. The van der Waals surface area contributed by atoms with E-state index < -0.39 is 10.1 Å². The second kappa shape index (κ2) is 15.0. The maximum absolute atomic E-state index is 10.6. The molecule has 4 heteroatoms. The van der Waals surface area contributed by atoms with Crippen LogP contribution in [0.5, 0.6) is 0 Å². The molecule has 0 aromatic carbocycles. The molecule has 0 saturated carbocycles. The summed E-state index contributed by atoms with van der Waals surface area (Å²) in [6.07, 6.45) is 20.2. The normalized spacial score (nSPS) is 12.6. The Hall–Kier alpha value is -0.0900. The van der Waals surface area contributed by atoms with Crippen LogP contribution in [0.25, 0.3) is 0 Å². The van der Waals surface area contributed by atoms with Crippen molar-refractivity contribution in [3.8, 4) is 0 Å². The molecule has 0 aliphatic heterocycles. The van der Waals surface area contributed by atoms with Crippen molar-refractivity contribution < 1.29 is 13.0 Å². The lowest BCUT2D eigenvalue weighted by Gasteiger charge is -2.17. The van der Waals surface area contributed by atoms with Crippen molar-refractivity contribution in [1.29, 1.82) is 0 Å². The van der Waals surface area contributed by atoms with Gasteiger partial charge in [0, 0.05) is 0 Å².